The molecule has 12 heteroatoms. The summed E-state index contributed by atoms with van der Waals surface area (Å²) < 4.78 is 0. The summed E-state index contributed by atoms with van der Waals surface area (Å²) >= 11 is 3.38. The minimum Gasteiger partial charge on any atom is -0.370 e. The van der Waals surface area contributed by atoms with Gasteiger partial charge in [0, 0.05) is 46.6 Å². The Morgan fingerprint density at radius 2 is 1.65 bits per heavy atom. The van der Waals surface area contributed by atoms with E-state index in [4.69, 9.17) is 22.9 Å². The molecule has 31 heavy (non-hydrogen) atoms. The van der Waals surface area contributed by atoms with Crippen molar-refractivity contribution in [3.05, 3.63) is 43.8 Å². The number of hydrogen-bond acceptors (Lipinski definition) is 5. The molecule has 0 fully saturated rings. The number of thiophene rings is 2. The van der Waals surface area contributed by atoms with Crippen LogP contribution >= 0.6 is 22.7 Å². The summed E-state index contributed by atoms with van der Waals surface area (Å²) in [4.78, 5) is 22.9. The average Bonchev–Trinajstić information content (AvgIpc) is 3.34. The van der Waals surface area contributed by atoms with E-state index in [0.717, 1.165) is 16.2 Å². The van der Waals surface area contributed by atoms with Crippen LogP contribution in [0.3, 0.4) is 0 Å². The largest absolute Gasteiger partial charge is 0.370 e. The maximum Gasteiger partial charge on any atom is 0.218 e. The van der Waals surface area contributed by atoms with Crippen molar-refractivity contribution < 1.29 is 0 Å². The summed E-state index contributed by atoms with van der Waals surface area (Å²) in [7, 11) is 3.42. The van der Waals surface area contributed by atoms with Crippen molar-refractivity contribution in [2.45, 2.75) is 26.4 Å². The zero-order chi connectivity index (χ0) is 22.8. The van der Waals surface area contributed by atoms with Crippen LogP contribution in [0.15, 0.2) is 44.2 Å². The van der Waals surface area contributed by atoms with Crippen LogP contribution in [-0.4, -0.2) is 49.4 Å². The molecule has 0 amide bonds. The van der Waals surface area contributed by atoms with Gasteiger partial charge in [0.05, 0.1) is 13.1 Å². The molecular formula is C19H30N10S2. The van der Waals surface area contributed by atoms with E-state index >= 15 is 0 Å². The molecule has 0 radical (unpaired) electrons. The number of nitrogens with zero attached hydrogens (tertiary/aromatic N) is 5. The van der Waals surface area contributed by atoms with Gasteiger partial charge in [-0.2, -0.15) is 4.99 Å². The molecule has 0 aliphatic carbocycles. The van der Waals surface area contributed by atoms with E-state index in [-0.39, 0.29) is 17.9 Å². The molecule has 168 valence electrons. The highest BCUT2D eigenvalue weighted by atomic mass is 32.1. The van der Waals surface area contributed by atoms with Gasteiger partial charge in [-0.25, -0.2) is 4.99 Å². The molecule has 2 aromatic rings. The third-order valence-electron chi connectivity index (χ3n) is 4.06. The van der Waals surface area contributed by atoms with E-state index in [1.54, 1.807) is 29.7 Å². The maximum absolute atomic E-state index is 5.92. The smallest absolute Gasteiger partial charge is 0.218 e. The first-order valence-corrected chi connectivity index (χ1v) is 11.2. The van der Waals surface area contributed by atoms with Crippen LogP contribution in [0.25, 0.3) is 0 Å². The Kier molecular flexibility index (Phi) is 9.28. The number of hydrogen-bond donors (Lipinski definition) is 5. The van der Waals surface area contributed by atoms with Crippen molar-refractivity contribution in [3.8, 4) is 0 Å². The molecule has 2 heterocycles. The van der Waals surface area contributed by atoms with Crippen molar-refractivity contribution >= 4 is 46.5 Å². The van der Waals surface area contributed by atoms with Gasteiger partial charge in [-0.15, -0.1) is 22.7 Å². The SMILES string of the molecule is CN=C(N)N=C(N)N(C)Cc1ccc(CCN=C(N)NC(N)=NCc2ccc(C)s2)s1. The van der Waals surface area contributed by atoms with Crippen molar-refractivity contribution in [2.75, 3.05) is 20.6 Å². The molecule has 10 nitrogen and oxygen atoms in total. The zero-order valence-electron chi connectivity index (χ0n) is 18.0. The summed E-state index contributed by atoms with van der Waals surface area (Å²) in [5, 5.41) is 2.82. The van der Waals surface area contributed by atoms with Gasteiger partial charge < -0.3 is 27.8 Å². The summed E-state index contributed by atoms with van der Waals surface area (Å²) in [5.41, 5.74) is 23.3. The molecule has 2 rings (SSSR count). The van der Waals surface area contributed by atoms with Gasteiger partial charge >= 0.3 is 0 Å². The second-order valence-corrected chi connectivity index (χ2v) is 9.26. The molecule has 0 saturated heterocycles. The monoisotopic (exact) mass is 462 g/mol. The minimum absolute atomic E-state index is 0.146. The van der Waals surface area contributed by atoms with E-state index in [0.29, 0.717) is 25.6 Å². The Labute approximate surface area is 190 Å². The van der Waals surface area contributed by atoms with Crippen LogP contribution in [-0.2, 0) is 19.5 Å². The Morgan fingerprint density at radius 3 is 2.32 bits per heavy atom. The van der Waals surface area contributed by atoms with Crippen molar-refractivity contribution in [2.24, 2.45) is 42.9 Å². The van der Waals surface area contributed by atoms with Gasteiger partial charge in [-0.3, -0.25) is 15.3 Å². The molecule has 9 N–H and O–H groups in total. The van der Waals surface area contributed by atoms with Gasteiger partial charge in [0.1, 0.15) is 0 Å². The third kappa shape index (κ3) is 8.64. The van der Waals surface area contributed by atoms with Crippen molar-refractivity contribution in [3.63, 3.8) is 0 Å². The van der Waals surface area contributed by atoms with Gasteiger partial charge in [0.15, 0.2) is 17.9 Å². The third-order valence-corrected chi connectivity index (χ3v) is 6.17. The molecule has 0 bridgehead atoms. The van der Waals surface area contributed by atoms with Gasteiger partial charge in [-0.05, 0) is 31.2 Å². The standard InChI is InChI=1S/C19H30N10S2/c1-12-4-5-14(30-12)10-26-18(22)27-17(21)25-9-8-13-6-7-15(31-13)11-29(3)19(23)28-16(20)24-2/h4-7H,8-11H2,1-3H3,(H4,20,23,24,28)(H5,21,22,25,26,27). The molecule has 2 aromatic heterocycles. The lowest BCUT2D eigenvalue weighted by atomic mass is 10.3. The molecular weight excluding hydrogens is 432 g/mol. The zero-order valence-corrected chi connectivity index (χ0v) is 19.6. The molecule has 0 spiro atoms. The Morgan fingerprint density at radius 1 is 0.968 bits per heavy atom. The van der Waals surface area contributed by atoms with E-state index in [1.165, 1.54) is 9.75 Å². The maximum atomic E-state index is 5.92. The van der Waals surface area contributed by atoms with E-state index in [2.05, 4.69) is 50.4 Å². The van der Waals surface area contributed by atoms with E-state index in [1.807, 2.05) is 18.0 Å². The number of rotatable bonds is 7. The minimum atomic E-state index is 0.146. The summed E-state index contributed by atoms with van der Waals surface area (Å²) in [6.07, 6.45) is 0.765. The predicted molar refractivity (Wildman–Crippen MR) is 133 cm³/mol. The van der Waals surface area contributed by atoms with Crippen LogP contribution in [0.2, 0.25) is 0 Å². The quantitative estimate of drug-likeness (QED) is 0.301. The number of aryl methyl sites for hydroxylation is 1. The fourth-order valence-corrected chi connectivity index (χ4v) is 4.31. The topological polar surface area (TPSA) is 169 Å². The highest BCUT2D eigenvalue weighted by Gasteiger charge is 2.07. The number of nitrogens with two attached hydrogens (primary N) is 4. The summed E-state index contributed by atoms with van der Waals surface area (Å²) in [6, 6.07) is 8.23. The second-order valence-electron chi connectivity index (χ2n) is 6.63. The first-order valence-electron chi connectivity index (χ1n) is 9.54. The lowest BCUT2D eigenvalue weighted by Gasteiger charge is -2.16. The highest BCUT2D eigenvalue weighted by molar-refractivity contribution is 7.12. The summed E-state index contributed by atoms with van der Waals surface area (Å²) in [6.45, 7) is 3.74. The van der Waals surface area contributed by atoms with E-state index in [9.17, 15) is 0 Å². The second kappa shape index (κ2) is 11.9. The average molecular weight is 463 g/mol. The number of nitrogens with one attached hydrogen (secondary N) is 1. The van der Waals surface area contributed by atoms with Gasteiger partial charge in [0.25, 0.3) is 0 Å². The molecule has 0 aliphatic rings. The van der Waals surface area contributed by atoms with Gasteiger partial charge in [0.2, 0.25) is 5.96 Å². The lowest BCUT2D eigenvalue weighted by Crippen LogP contribution is -2.41. The Hall–Kier alpha value is -3.12. The fraction of sp³-hybridized carbons (Fsp3) is 0.368. The first-order chi connectivity index (χ1) is 14.8. The predicted octanol–water partition coefficient (Wildman–Crippen LogP) is 0.771. The van der Waals surface area contributed by atoms with Crippen LogP contribution < -0.4 is 28.3 Å². The fourth-order valence-electron chi connectivity index (χ4n) is 2.44. The van der Waals surface area contributed by atoms with E-state index < -0.39 is 0 Å². The number of aliphatic imine (C=N–C) groups is 4. The van der Waals surface area contributed by atoms with Crippen LogP contribution in [0.4, 0.5) is 0 Å². The highest BCUT2D eigenvalue weighted by Crippen LogP contribution is 2.18. The molecule has 0 saturated carbocycles. The Bertz CT molecular complexity index is 970. The van der Waals surface area contributed by atoms with Crippen LogP contribution in [0, 0.1) is 6.92 Å². The number of guanidine groups is 4. The van der Waals surface area contributed by atoms with Crippen molar-refractivity contribution in [1.29, 1.82) is 0 Å². The molecule has 0 aliphatic heterocycles. The molecule has 0 atom stereocenters. The first kappa shape index (κ1) is 24.2. The molecule has 0 unspecified atom stereocenters. The normalized spacial score (nSPS) is 13.5. The molecule has 0 aromatic carbocycles. The van der Waals surface area contributed by atoms with Crippen molar-refractivity contribution in [1.82, 2.24) is 10.2 Å². The summed E-state index contributed by atoms with van der Waals surface area (Å²) in [5.74, 6) is 0.962. The lowest BCUT2D eigenvalue weighted by molar-refractivity contribution is 0.500. The van der Waals surface area contributed by atoms with Crippen LogP contribution in [0.1, 0.15) is 19.5 Å². The van der Waals surface area contributed by atoms with Crippen LogP contribution in [0.5, 0.6) is 0 Å². The van der Waals surface area contributed by atoms with Gasteiger partial charge in [-0.1, -0.05) is 0 Å². The Balaban J connectivity index is 1.79.